The molecule has 10 aromatic rings. The van der Waals surface area contributed by atoms with Crippen LogP contribution in [0.5, 0.6) is 0 Å². The van der Waals surface area contributed by atoms with Crippen molar-refractivity contribution in [3.63, 3.8) is 0 Å². The summed E-state index contributed by atoms with van der Waals surface area (Å²) in [5.41, 5.74) is 20.8. The number of carbonyl (C=O) groups is 2. The van der Waals surface area contributed by atoms with Crippen LogP contribution in [0.2, 0.25) is 0 Å². The molecule has 1 aromatic heterocycles. The summed E-state index contributed by atoms with van der Waals surface area (Å²) in [5.74, 6) is 31.6. The van der Waals surface area contributed by atoms with Gasteiger partial charge in [0, 0.05) is 80.6 Å². The third-order valence-corrected chi connectivity index (χ3v) is 18.0. The van der Waals surface area contributed by atoms with Crippen molar-refractivity contribution < 1.29 is 18.0 Å². The molecule has 0 aliphatic carbocycles. The number of nitrogens with zero attached hydrogens (tertiary/aromatic N) is 1. The van der Waals surface area contributed by atoms with E-state index in [-0.39, 0.29) is 38.6 Å². The number of hydrogen-bond donors (Lipinski definition) is 0. The van der Waals surface area contributed by atoms with Crippen LogP contribution < -0.4 is 0 Å². The van der Waals surface area contributed by atoms with Crippen LogP contribution in [0, 0.1) is 59.2 Å². The summed E-state index contributed by atoms with van der Waals surface area (Å²) in [4.78, 5) is 26.8. The van der Waals surface area contributed by atoms with E-state index in [4.69, 9.17) is 0 Å². The summed E-state index contributed by atoms with van der Waals surface area (Å²) < 4.78 is 23.1. The Morgan fingerprint density at radius 2 is 0.558 bits per heavy atom. The second kappa shape index (κ2) is 37.4. The van der Waals surface area contributed by atoms with Gasteiger partial charge in [-0.05, 0) is 213 Å². The second-order valence-corrected chi connectivity index (χ2v) is 32.9. The number of carbonyl (C=O) groups excluding carboxylic acids is 2. The Balaban J connectivity index is 0.000000204. The van der Waals surface area contributed by atoms with E-state index in [1.54, 1.807) is 37.4 Å². The highest BCUT2D eigenvalue weighted by molar-refractivity contribution is 7.90. The van der Waals surface area contributed by atoms with Gasteiger partial charge in [-0.25, -0.2) is 8.42 Å². The zero-order valence-corrected chi connectivity index (χ0v) is 65.7. The highest BCUT2D eigenvalue weighted by atomic mass is 32.2. The fourth-order valence-corrected chi connectivity index (χ4v) is 10.7. The fraction of sp³-hybridized carbons (Fsp3) is 0.276. The maximum atomic E-state index is 11.5. The molecular weight excluding hydrogens is 1290 g/mol. The topological polar surface area (TPSA) is 81.2 Å². The normalized spacial score (nSPS) is 10.9. The minimum absolute atomic E-state index is 0.0480. The van der Waals surface area contributed by atoms with Gasteiger partial charge in [-0.1, -0.05) is 280 Å². The first-order valence-corrected chi connectivity index (χ1v) is 37.4. The number of benzene rings is 9. The predicted octanol–water partition coefficient (Wildman–Crippen LogP) is 22.2. The summed E-state index contributed by atoms with van der Waals surface area (Å²) in [6.45, 7) is 40.4. The molecule has 0 fully saturated rings. The summed E-state index contributed by atoms with van der Waals surface area (Å²) in [6.07, 6.45) is 4.92. The van der Waals surface area contributed by atoms with Gasteiger partial charge in [0.25, 0.3) is 0 Å². The van der Waals surface area contributed by atoms with Crippen LogP contribution in [-0.4, -0.2) is 31.2 Å². The Kier molecular flexibility index (Phi) is 29.6. The van der Waals surface area contributed by atoms with Crippen molar-refractivity contribution in [1.82, 2.24) is 4.98 Å². The average Bonchev–Trinajstić information content (AvgIpc) is 0.867. The maximum Gasteiger partial charge on any atom is 0.178 e. The summed E-state index contributed by atoms with van der Waals surface area (Å²) in [6, 6.07) is 76.4. The number of rotatable bonds is 5. The first kappa shape index (κ1) is 82.2. The number of sulfone groups is 1. The van der Waals surface area contributed by atoms with Crippen LogP contribution in [0.3, 0.4) is 0 Å². The van der Waals surface area contributed by atoms with Gasteiger partial charge in [0.2, 0.25) is 0 Å². The van der Waals surface area contributed by atoms with Crippen LogP contribution in [-0.2, 0) is 49.8 Å². The van der Waals surface area contributed by atoms with E-state index in [2.05, 4.69) is 327 Å². The Bertz CT molecular complexity index is 4860. The Labute approximate surface area is 624 Å². The smallest absolute Gasteiger partial charge is 0.178 e. The van der Waals surface area contributed by atoms with Crippen LogP contribution in [0.4, 0.5) is 0 Å². The molecule has 0 amide bonds. The number of pyridine rings is 1. The number of Topliss-reactive ketones (excluding diaryl/α,β-unsaturated/α-hetero) is 2. The van der Waals surface area contributed by atoms with E-state index < -0.39 is 9.84 Å². The zero-order valence-electron chi connectivity index (χ0n) is 64.9. The molecule has 0 spiro atoms. The van der Waals surface area contributed by atoms with E-state index in [1.165, 1.54) is 52.1 Å². The molecule has 1 heterocycles. The van der Waals surface area contributed by atoms with Gasteiger partial charge in [-0.3, -0.25) is 14.6 Å². The SMILES string of the molecule is CC(=O)c1cc(C#Cc2ccc(C(C)(C)C)cc2)ccn1.CC(=O)c1ccc(C#Cc2ccc(C(C)(C)C)cc2)cc1.CC(C)(C)c1ccc(C#Cc2cccc(S(C)(=O)=O)c2)cc1.CCc1cccc(C#Cc2ccc(C(C)(C)C)cc2)c1.CCc1cccc(C#Cc2ccc(C(C)(C)C)cc2)c1. The van der Waals surface area contributed by atoms with Gasteiger partial charge in [0.15, 0.2) is 21.4 Å². The van der Waals surface area contributed by atoms with E-state index >= 15 is 0 Å². The number of hydrogen-bond acceptors (Lipinski definition) is 5. The minimum atomic E-state index is -3.20. The van der Waals surface area contributed by atoms with E-state index in [1.807, 2.05) is 60.7 Å². The molecule has 530 valence electrons. The third kappa shape index (κ3) is 28.2. The van der Waals surface area contributed by atoms with Crippen molar-refractivity contribution in [3.8, 4) is 59.2 Å². The van der Waals surface area contributed by atoms with E-state index in [0.29, 0.717) is 16.2 Å². The van der Waals surface area contributed by atoms with Crippen molar-refractivity contribution in [2.45, 2.75) is 176 Å². The summed E-state index contributed by atoms with van der Waals surface area (Å²) in [5, 5.41) is 0. The lowest BCUT2D eigenvalue weighted by atomic mass is 9.87. The van der Waals surface area contributed by atoms with Crippen molar-refractivity contribution in [3.05, 3.63) is 343 Å². The van der Waals surface area contributed by atoms with Gasteiger partial charge in [-0.15, -0.1) is 0 Å². The number of aromatic nitrogens is 1. The molecule has 0 saturated heterocycles. The van der Waals surface area contributed by atoms with E-state index in [0.717, 1.165) is 68.5 Å². The van der Waals surface area contributed by atoms with Gasteiger partial charge in [0.1, 0.15) is 5.69 Å². The van der Waals surface area contributed by atoms with Crippen molar-refractivity contribution in [2.24, 2.45) is 0 Å². The summed E-state index contributed by atoms with van der Waals surface area (Å²) >= 11 is 0. The van der Waals surface area contributed by atoms with Gasteiger partial charge < -0.3 is 0 Å². The molecule has 0 atom stereocenters. The molecule has 0 aliphatic heterocycles. The Morgan fingerprint density at radius 3 is 0.808 bits per heavy atom. The van der Waals surface area contributed by atoms with E-state index in [9.17, 15) is 18.0 Å². The quantitative estimate of drug-likeness (QED) is 0.127. The molecule has 0 aliphatic rings. The molecule has 5 nitrogen and oxygen atoms in total. The number of aryl methyl sites for hydroxylation is 2. The molecule has 0 unspecified atom stereocenters. The third-order valence-electron chi connectivity index (χ3n) is 16.9. The van der Waals surface area contributed by atoms with Gasteiger partial charge in [0.05, 0.1) is 4.90 Å². The highest BCUT2D eigenvalue weighted by Gasteiger charge is 2.17. The van der Waals surface area contributed by atoms with Crippen LogP contribution in [0.1, 0.15) is 247 Å². The lowest BCUT2D eigenvalue weighted by Gasteiger charge is -2.18. The first-order valence-electron chi connectivity index (χ1n) is 35.5. The molecule has 10 rings (SSSR count). The molecule has 9 aromatic carbocycles. The Morgan fingerprint density at radius 1 is 0.308 bits per heavy atom. The molecule has 104 heavy (non-hydrogen) atoms. The lowest BCUT2D eigenvalue weighted by molar-refractivity contribution is 0.100. The molecule has 0 radical (unpaired) electrons. The van der Waals surface area contributed by atoms with Gasteiger partial charge in [-0.2, -0.15) is 0 Å². The van der Waals surface area contributed by atoms with Crippen LogP contribution in [0.15, 0.2) is 242 Å². The lowest BCUT2D eigenvalue weighted by Crippen LogP contribution is -2.10. The molecule has 0 bridgehead atoms. The zero-order chi connectivity index (χ0) is 76.5. The summed E-state index contributed by atoms with van der Waals surface area (Å²) in [7, 11) is -3.20. The fourth-order valence-electron chi connectivity index (χ4n) is 10.0. The highest BCUT2D eigenvalue weighted by Crippen LogP contribution is 2.27. The van der Waals surface area contributed by atoms with Crippen molar-refractivity contribution in [1.29, 1.82) is 0 Å². The minimum Gasteiger partial charge on any atom is -0.295 e. The second-order valence-electron chi connectivity index (χ2n) is 30.9. The van der Waals surface area contributed by atoms with Gasteiger partial charge >= 0.3 is 0 Å². The largest absolute Gasteiger partial charge is 0.295 e. The van der Waals surface area contributed by atoms with Crippen LogP contribution >= 0.6 is 0 Å². The standard InChI is InChI=1S/C20H20O.2C20H22.C19H19NO.C19H20O2S/c1-15(21)18-11-7-16(8-12-18)5-6-17-9-13-19(14-10-17)20(2,3)4;2*1-5-16-7-6-8-18(15-16)10-9-17-11-13-19(14-12-17)20(2,3)4;1-14(21)18-13-16(11-12-20-18)6-5-15-7-9-17(10-8-15)19(2,3)4;1-19(2,3)17-12-10-15(11-13-17)8-9-16-6-5-7-18(14-16)22(4,20)21/h7-14H,1-4H3;2*6-8,11-15H,5H2,1-4H3;7-13H,1-4H3;5-7,10-14H,1-4H3. The average molecular weight is 1390 g/mol. The van der Waals surface area contributed by atoms with Crippen LogP contribution in [0.25, 0.3) is 0 Å². The van der Waals surface area contributed by atoms with Crippen molar-refractivity contribution in [2.75, 3.05) is 6.26 Å². The molecule has 0 N–H and O–H groups in total. The monoisotopic (exact) mass is 1390 g/mol. The predicted molar refractivity (Wildman–Crippen MR) is 437 cm³/mol. The van der Waals surface area contributed by atoms with Crippen molar-refractivity contribution >= 4 is 21.4 Å². The molecular formula is C98H103NO4S. The maximum absolute atomic E-state index is 11.5. The molecule has 0 saturated carbocycles. The number of ketones is 2. The first-order chi connectivity index (χ1) is 48.9. The Hall–Kier alpha value is -10.8. The molecule has 6 heteroatoms.